The van der Waals surface area contributed by atoms with Gasteiger partial charge in [-0.3, -0.25) is 10.4 Å². The molecule has 0 radical (unpaired) electrons. The molecule has 0 aliphatic carbocycles. The van der Waals surface area contributed by atoms with Crippen molar-refractivity contribution in [2.45, 2.75) is 46.5 Å². The molecule has 2 N–H and O–H groups in total. The van der Waals surface area contributed by atoms with Crippen molar-refractivity contribution in [2.24, 2.45) is 11.0 Å². The van der Waals surface area contributed by atoms with Crippen molar-refractivity contribution in [1.82, 2.24) is 15.7 Å². The van der Waals surface area contributed by atoms with E-state index >= 15 is 0 Å². The van der Waals surface area contributed by atoms with E-state index in [9.17, 15) is 0 Å². The van der Waals surface area contributed by atoms with E-state index in [0.29, 0.717) is 11.0 Å². The predicted molar refractivity (Wildman–Crippen MR) is 93.5 cm³/mol. The second kappa shape index (κ2) is 10.3. The lowest BCUT2D eigenvalue weighted by atomic mass is 10.0. The topological polar surface area (TPSA) is 49.3 Å². The number of hydrogen-bond acceptors (Lipinski definition) is 3. The summed E-state index contributed by atoms with van der Waals surface area (Å²) in [5, 5.41) is 8.07. The van der Waals surface area contributed by atoms with Crippen molar-refractivity contribution >= 4 is 23.0 Å². The Morgan fingerprint density at radius 2 is 2.05 bits per heavy atom. The Hall–Kier alpha value is -1.49. The first-order valence-electron chi connectivity index (χ1n) is 7.62. The summed E-state index contributed by atoms with van der Waals surface area (Å²) in [6.45, 7) is 7.31. The number of hydrazone groups is 1. The molecule has 1 atom stereocenters. The van der Waals surface area contributed by atoms with Crippen LogP contribution in [-0.2, 0) is 0 Å². The summed E-state index contributed by atoms with van der Waals surface area (Å²) in [4.78, 5) is 3.99. The maximum atomic E-state index is 5.23. The third kappa shape index (κ3) is 7.75. The van der Waals surface area contributed by atoms with Crippen molar-refractivity contribution in [3.05, 3.63) is 30.1 Å². The normalized spacial score (nSPS) is 12.8. The number of nitrogens with zero attached hydrogens (tertiary/aromatic N) is 2. The first-order chi connectivity index (χ1) is 10.1. The maximum Gasteiger partial charge on any atom is 0.186 e. The van der Waals surface area contributed by atoms with Gasteiger partial charge in [-0.2, -0.15) is 5.10 Å². The van der Waals surface area contributed by atoms with Crippen LogP contribution in [0.2, 0.25) is 0 Å². The van der Waals surface area contributed by atoms with Gasteiger partial charge in [0.25, 0.3) is 0 Å². The van der Waals surface area contributed by atoms with Gasteiger partial charge >= 0.3 is 0 Å². The van der Waals surface area contributed by atoms with Gasteiger partial charge in [-0.05, 0) is 43.6 Å². The largest absolute Gasteiger partial charge is 0.361 e. The fourth-order valence-corrected chi connectivity index (χ4v) is 2.07. The van der Waals surface area contributed by atoms with E-state index in [1.807, 2.05) is 19.1 Å². The standard InChI is InChI=1S/C16H26N4S/c1-4-5-6-7-13(2)12-18-16(21)20-19-14(3)15-8-10-17-11-9-15/h8-11,13H,4-7,12H2,1-3H3,(H2,18,20,21)/b19-14-/t13-/m0/s1. The van der Waals surface area contributed by atoms with Gasteiger partial charge in [0.05, 0.1) is 5.71 Å². The zero-order valence-electron chi connectivity index (χ0n) is 13.2. The van der Waals surface area contributed by atoms with Crippen molar-refractivity contribution < 1.29 is 0 Å². The molecule has 116 valence electrons. The van der Waals surface area contributed by atoms with Crippen LogP contribution in [0.25, 0.3) is 0 Å². The van der Waals surface area contributed by atoms with Crippen molar-refractivity contribution in [3.8, 4) is 0 Å². The molecule has 5 heteroatoms. The smallest absolute Gasteiger partial charge is 0.186 e. The quantitative estimate of drug-likeness (QED) is 0.334. The second-order valence-electron chi connectivity index (χ2n) is 5.36. The summed E-state index contributed by atoms with van der Waals surface area (Å²) in [6.07, 6.45) is 8.61. The summed E-state index contributed by atoms with van der Waals surface area (Å²) in [7, 11) is 0. The van der Waals surface area contributed by atoms with Crippen LogP contribution >= 0.6 is 12.2 Å². The molecule has 0 amide bonds. The summed E-state index contributed by atoms with van der Waals surface area (Å²) in [5.74, 6) is 0.626. The molecular formula is C16H26N4S. The van der Waals surface area contributed by atoms with Crippen molar-refractivity contribution in [2.75, 3.05) is 6.54 Å². The van der Waals surface area contributed by atoms with Crippen LogP contribution in [0.4, 0.5) is 0 Å². The highest BCUT2D eigenvalue weighted by Gasteiger charge is 2.03. The zero-order valence-corrected chi connectivity index (χ0v) is 14.0. The number of nitrogens with one attached hydrogen (secondary N) is 2. The van der Waals surface area contributed by atoms with E-state index in [4.69, 9.17) is 12.2 Å². The minimum Gasteiger partial charge on any atom is -0.361 e. The molecule has 4 nitrogen and oxygen atoms in total. The average Bonchev–Trinajstić information content (AvgIpc) is 2.51. The van der Waals surface area contributed by atoms with E-state index in [2.05, 4.69) is 34.7 Å². The van der Waals surface area contributed by atoms with Gasteiger partial charge in [-0.1, -0.05) is 33.1 Å². The van der Waals surface area contributed by atoms with E-state index < -0.39 is 0 Å². The lowest BCUT2D eigenvalue weighted by Crippen LogP contribution is -2.35. The zero-order chi connectivity index (χ0) is 15.5. The molecular weight excluding hydrogens is 280 g/mol. The average molecular weight is 306 g/mol. The van der Waals surface area contributed by atoms with Crippen LogP contribution in [0.3, 0.4) is 0 Å². The number of rotatable bonds is 8. The minimum absolute atomic E-state index is 0.575. The Bertz CT molecular complexity index is 445. The number of hydrogen-bond donors (Lipinski definition) is 2. The van der Waals surface area contributed by atoms with Crippen LogP contribution in [0.5, 0.6) is 0 Å². The number of pyridine rings is 1. The molecule has 21 heavy (non-hydrogen) atoms. The lowest BCUT2D eigenvalue weighted by Gasteiger charge is -2.13. The van der Waals surface area contributed by atoms with Gasteiger partial charge in [0.15, 0.2) is 5.11 Å². The third-order valence-electron chi connectivity index (χ3n) is 3.33. The van der Waals surface area contributed by atoms with Crippen LogP contribution in [0, 0.1) is 5.92 Å². The molecule has 1 rings (SSSR count). The molecule has 0 aliphatic heterocycles. The highest BCUT2D eigenvalue weighted by atomic mass is 32.1. The van der Waals surface area contributed by atoms with Crippen LogP contribution in [0.1, 0.15) is 52.0 Å². The highest BCUT2D eigenvalue weighted by Crippen LogP contribution is 2.07. The molecule has 0 bridgehead atoms. The van der Waals surface area contributed by atoms with Crippen LogP contribution in [0.15, 0.2) is 29.6 Å². The fraction of sp³-hybridized carbons (Fsp3) is 0.562. The second-order valence-corrected chi connectivity index (χ2v) is 5.76. The summed E-state index contributed by atoms with van der Waals surface area (Å²) in [5.41, 5.74) is 4.81. The van der Waals surface area contributed by atoms with Crippen LogP contribution < -0.4 is 10.7 Å². The molecule has 1 aromatic rings. The van der Waals surface area contributed by atoms with E-state index in [0.717, 1.165) is 17.8 Å². The predicted octanol–water partition coefficient (Wildman–Crippen LogP) is 3.49. The van der Waals surface area contributed by atoms with Crippen LogP contribution in [-0.4, -0.2) is 22.4 Å². The SMILES string of the molecule is CCCCC[C@H](C)CNC(=S)N/N=C(/C)c1ccncc1. The van der Waals surface area contributed by atoms with Gasteiger partial charge in [0, 0.05) is 24.5 Å². The summed E-state index contributed by atoms with van der Waals surface area (Å²) >= 11 is 5.23. The minimum atomic E-state index is 0.575. The Balaban J connectivity index is 2.27. The van der Waals surface area contributed by atoms with E-state index in [1.54, 1.807) is 12.4 Å². The van der Waals surface area contributed by atoms with Gasteiger partial charge in [-0.25, -0.2) is 0 Å². The van der Waals surface area contributed by atoms with Gasteiger partial charge in [-0.15, -0.1) is 0 Å². The number of unbranched alkanes of at least 4 members (excludes halogenated alkanes) is 2. The molecule has 1 aromatic heterocycles. The monoisotopic (exact) mass is 306 g/mol. The van der Waals surface area contributed by atoms with E-state index in [1.165, 1.54) is 25.7 Å². The molecule has 0 unspecified atom stereocenters. The van der Waals surface area contributed by atoms with Gasteiger partial charge in [0.2, 0.25) is 0 Å². The molecule has 0 spiro atoms. The molecule has 0 saturated heterocycles. The van der Waals surface area contributed by atoms with Crippen molar-refractivity contribution in [1.29, 1.82) is 0 Å². The first kappa shape index (κ1) is 17.6. The van der Waals surface area contributed by atoms with Crippen molar-refractivity contribution in [3.63, 3.8) is 0 Å². The number of aromatic nitrogens is 1. The Kier molecular flexibility index (Phi) is 8.59. The van der Waals surface area contributed by atoms with E-state index in [-0.39, 0.29) is 0 Å². The summed E-state index contributed by atoms with van der Waals surface area (Å²) in [6, 6.07) is 3.85. The van der Waals surface area contributed by atoms with Gasteiger partial charge < -0.3 is 5.32 Å². The third-order valence-corrected chi connectivity index (χ3v) is 3.57. The number of thiocarbonyl (C=S) groups is 1. The Morgan fingerprint density at radius 1 is 1.33 bits per heavy atom. The van der Waals surface area contributed by atoms with Gasteiger partial charge in [0.1, 0.15) is 0 Å². The molecule has 0 aliphatic rings. The highest BCUT2D eigenvalue weighted by molar-refractivity contribution is 7.80. The lowest BCUT2D eigenvalue weighted by molar-refractivity contribution is 0.487. The molecule has 0 aromatic carbocycles. The molecule has 1 heterocycles. The fourth-order valence-electron chi connectivity index (χ4n) is 1.94. The summed E-state index contributed by atoms with van der Waals surface area (Å²) < 4.78 is 0. The first-order valence-corrected chi connectivity index (χ1v) is 8.02. The maximum absolute atomic E-state index is 5.23. The Labute approximate surface area is 133 Å². The molecule has 0 fully saturated rings. The molecule has 0 saturated carbocycles. The Morgan fingerprint density at radius 3 is 2.71 bits per heavy atom.